The largest absolute Gasteiger partial charge is 0.372 e. The van der Waals surface area contributed by atoms with Crippen molar-refractivity contribution in [3.63, 3.8) is 0 Å². The minimum atomic E-state index is 0.472. The zero-order valence-corrected chi connectivity index (χ0v) is 48.1. The van der Waals surface area contributed by atoms with E-state index in [4.69, 9.17) is 56.8 Å². The molecule has 0 aromatic heterocycles. The highest BCUT2D eigenvalue weighted by atomic mass is 16.6. The van der Waals surface area contributed by atoms with E-state index in [-0.39, 0.29) is 0 Å². The number of nitrogens with zero attached hydrogens (tertiary/aromatic N) is 6. The molecule has 0 aromatic rings. The maximum absolute atomic E-state index is 5.53. The van der Waals surface area contributed by atoms with Crippen LogP contribution >= 0.6 is 0 Å². The van der Waals surface area contributed by atoms with Gasteiger partial charge in [-0.25, -0.2) is 0 Å². The maximum Gasteiger partial charge on any atom is 0.0936 e. The van der Waals surface area contributed by atoms with Crippen molar-refractivity contribution in [3.05, 3.63) is 0 Å². The lowest BCUT2D eigenvalue weighted by atomic mass is 9.75. The van der Waals surface area contributed by atoms with Crippen LogP contribution in [0.5, 0.6) is 0 Å². The summed E-state index contributed by atoms with van der Waals surface area (Å²) in [4.78, 5) is 16.1. The summed E-state index contributed by atoms with van der Waals surface area (Å²) >= 11 is 0. The van der Waals surface area contributed by atoms with Gasteiger partial charge in [0.25, 0.3) is 0 Å². The Bertz CT molecular complexity index is 1640. The Morgan fingerprint density at radius 2 is 0.367 bits per heavy atom. The van der Waals surface area contributed by atoms with Gasteiger partial charge in [-0.3, -0.25) is 29.4 Å². The molecule has 0 aromatic carbocycles. The molecule has 0 spiro atoms. The fourth-order valence-electron chi connectivity index (χ4n) is 15.0. The molecule has 448 valence electrons. The number of ether oxygens (including phenoxy) is 12. The summed E-state index contributed by atoms with van der Waals surface area (Å²) in [6, 6.07) is 4.32. The molecule has 0 bridgehead atoms. The van der Waals surface area contributed by atoms with Crippen molar-refractivity contribution < 1.29 is 56.8 Å². The molecule has 18 nitrogen and oxygen atoms in total. The molecule has 16 rings (SSSR count). The van der Waals surface area contributed by atoms with Crippen LogP contribution in [0, 0.1) is 11.8 Å². The Morgan fingerprint density at radius 1 is 0.203 bits per heavy atom. The van der Waals surface area contributed by atoms with Crippen molar-refractivity contribution in [2.75, 3.05) is 158 Å². The van der Waals surface area contributed by atoms with Gasteiger partial charge in [-0.05, 0) is 115 Å². The average Bonchev–Trinajstić information content (AvgIpc) is 4.26. The summed E-state index contributed by atoms with van der Waals surface area (Å²) in [7, 11) is 0. The first kappa shape index (κ1) is 56.1. The van der Waals surface area contributed by atoms with Crippen molar-refractivity contribution in [1.82, 2.24) is 29.4 Å². The maximum atomic E-state index is 5.53. The first-order chi connectivity index (χ1) is 38.9. The molecule has 14 unspecified atom stereocenters. The Morgan fingerprint density at radius 3 is 0.544 bits per heavy atom. The van der Waals surface area contributed by atoms with Crippen molar-refractivity contribution in [3.8, 4) is 0 Å². The van der Waals surface area contributed by atoms with Crippen LogP contribution in [0.4, 0.5) is 0 Å². The molecule has 16 aliphatic rings. The molecule has 12 saturated heterocycles. The van der Waals surface area contributed by atoms with Crippen LogP contribution in [0.1, 0.15) is 109 Å². The molecule has 14 atom stereocenters. The molecule has 12 aliphatic heterocycles. The third-order valence-electron chi connectivity index (χ3n) is 20.8. The molecule has 18 heteroatoms. The molecule has 4 saturated carbocycles. The van der Waals surface area contributed by atoms with E-state index >= 15 is 0 Å². The van der Waals surface area contributed by atoms with Gasteiger partial charge in [0.15, 0.2) is 0 Å². The Balaban J connectivity index is 0.000000108. The first-order valence-corrected chi connectivity index (χ1v) is 32.8. The molecular formula is C61H102N6O12. The van der Waals surface area contributed by atoms with E-state index in [0.717, 1.165) is 182 Å². The highest BCUT2D eigenvalue weighted by Crippen LogP contribution is 2.40. The molecule has 0 N–H and O–H groups in total. The lowest BCUT2D eigenvalue weighted by molar-refractivity contribution is 0.0678. The predicted octanol–water partition coefficient (Wildman–Crippen LogP) is 3.69. The van der Waals surface area contributed by atoms with Crippen LogP contribution in [-0.4, -0.2) is 297 Å². The molecular weight excluding hydrogens is 1010 g/mol. The van der Waals surface area contributed by atoms with E-state index in [1.165, 1.54) is 109 Å². The van der Waals surface area contributed by atoms with E-state index in [0.29, 0.717) is 97.4 Å². The standard InChI is InChI=1S/C25H42N2O4.2C18H30N2O4/c1-5-20(26(10-22-14-28-22)11-23-15-29-23)6-2-18(1)9-19-3-7-21(8-4-19)27(12-24-16-30-24)13-25-17-31-25;1-2-14(20(7-17-11-23-17)8-18-12-24-18)4-3-13(1)19(5-15-9-21-15)6-16-10-22-16;1-2-13(19(5-15-9-21-15)6-16-10-22-16)4-14(3-1)20(7-17-11-23-17)8-18-12-24-18/h18-25H,1-17H2;2*13-18H,1-12H2. The van der Waals surface area contributed by atoms with Crippen LogP contribution < -0.4 is 0 Å². The van der Waals surface area contributed by atoms with E-state index in [9.17, 15) is 0 Å². The monoisotopic (exact) mass is 1110 g/mol. The van der Waals surface area contributed by atoms with E-state index < -0.39 is 0 Å². The fourth-order valence-corrected chi connectivity index (χ4v) is 15.0. The van der Waals surface area contributed by atoms with Gasteiger partial charge >= 0.3 is 0 Å². The highest BCUT2D eigenvalue weighted by molar-refractivity contribution is 4.96. The second-order valence-electron chi connectivity index (χ2n) is 27.7. The first-order valence-electron chi connectivity index (χ1n) is 32.8. The third kappa shape index (κ3) is 19.1. The lowest BCUT2D eigenvalue weighted by Crippen LogP contribution is -2.49. The van der Waals surface area contributed by atoms with Gasteiger partial charge in [-0.1, -0.05) is 6.42 Å². The summed E-state index contributed by atoms with van der Waals surface area (Å²) in [5, 5.41) is 0. The Hall–Kier alpha value is -0.720. The molecule has 0 amide bonds. The number of hydrogen-bond donors (Lipinski definition) is 0. The third-order valence-corrected chi connectivity index (χ3v) is 20.8. The average molecular weight is 1110 g/mol. The van der Waals surface area contributed by atoms with Gasteiger partial charge in [0, 0.05) is 115 Å². The van der Waals surface area contributed by atoms with Crippen LogP contribution in [0.2, 0.25) is 0 Å². The molecule has 4 aliphatic carbocycles. The van der Waals surface area contributed by atoms with Gasteiger partial charge in [-0.2, -0.15) is 0 Å². The van der Waals surface area contributed by atoms with Crippen LogP contribution in [-0.2, 0) is 56.8 Å². The van der Waals surface area contributed by atoms with Gasteiger partial charge in [-0.15, -0.1) is 0 Å². The Labute approximate surface area is 472 Å². The minimum absolute atomic E-state index is 0.472. The van der Waals surface area contributed by atoms with Crippen molar-refractivity contribution in [1.29, 1.82) is 0 Å². The van der Waals surface area contributed by atoms with Gasteiger partial charge < -0.3 is 56.8 Å². The van der Waals surface area contributed by atoms with E-state index in [1.54, 1.807) is 0 Å². The van der Waals surface area contributed by atoms with Crippen molar-refractivity contribution in [2.45, 2.75) is 219 Å². The van der Waals surface area contributed by atoms with Crippen LogP contribution in [0.25, 0.3) is 0 Å². The van der Waals surface area contributed by atoms with E-state index in [1.807, 2.05) is 0 Å². The zero-order valence-electron chi connectivity index (χ0n) is 48.1. The summed E-state index contributed by atoms with van der Waals surface area (Å²) in [6.07, 6.45) is 29.1. The zero-order chi connectivity index (χ0) is 52.5. The van der Waals surface area contributed by atoms with Crippen LogP contribution in [0.15, 0.2) is 0 Å². The predicted molar refractivity (Wildman–Crippen MR) is 295 cm³/mol. The fraction of sp³-hybridized carbons (Fsp3) is 1.00. The van der Waals surface area contributed by atoms with Gasteiger partial charge in [0.05, 0.1) is 153 Å². The van der Waals surface area contributed by atoms with Crippen LogP contribution in [0.3, 0.4) is 0 Å². The summed E-state index contributed by atoms with van der Waals surface area (Å²) < 4.78 is 66.0. The highest BCUT2D eigenvalue weighted by Gasteiger charge is 2.43. The summed E-state index contributed by atoms with van der Waals surface area (Å²) in [5.41, 5.74) is 0. The molecule has 0 radical (unpaired) electrons. The van der Waals surface area contributed by atoms with Gasteiger partial charge in [0.2, 0.25) is 0 Å². The number of epoxide rings is 12. The van der Waals surface area contributed by atoms with Crippen molar-refractivity contribution in [2.24, 2.45) is 11.8 Å². The summed E-state index contributed by atoms with van der Waals surface area (Å²) in [5.74, 6) is 1.93. The molecule has 16 fully saturated rings. The SMILES string of the molecule is C1CC(N(CC2CO2)CC2CO2)CC(N(CC2CO2)CC2CO2)C1.C1CC(N(CC2CO2)CC2CO2)CCC1CC1CCC(N(CC2CO2)CC2CO2)CC1.C1OC1CN(CC1CO1)C1CCC(N(CC2CO2)CC2CO2)CC1. The topological polar surface area (TPSA) is 170 Å². The van der Waals surface area contributed by atoms with Gasteiger partial charge in [0.1, 0.15) is 0 Å². The second kappa shape index (κ2) is 26.5. The number of hydrogen-bond acceptors (Lipinski definition) is 18. The van der Waals surface area contributed by atoms with E-state index in [2.05, 4.69) is 29.4 Å². The second-order valence-corrected chi connectivity index (χ2v) is 27.7. The Kier molecular flexibility index (Phi) is 18.8. The quantitative estimate of drug-likeness (QED) is 0.0894. The van der Waals surface area contributed by atoms with Crippen molar-refractivity contribution >= 4 is 0 Å². The minimum Gasteiger partial charge on any atom is -0.372 e. The smallest absolute Gasteiger partial charge is 0.0936 e. The summed E-state index contributed by atoms with van der Waals surface area (Å²) in [6.45, 7) is 24.8. The molecule has 79 heavy (non-hydrogen) atoms. The normalized spacial score (nSPS) is 43.5. The number of rotatable bonds is 32. The molecule has 12 heterocycles. The lowest BCUT2D eigenvalue weighted by Gasteiger charge is -2.41.